The Morgan fingerprint density at radius 2 is 2.18 bits per heavy atom. The van der Waals surface area contributed by atoms with Crippen molar-refractivity contribution in [2.24, 2.45) is 11.8 Å². The predicted molar refractivity (Wildman–Crippen MR) is 49.3 cm³/mol. The molecule has 1 N–H and O–H groups in total. The Bertz CT molecular complexity index is 100. The molecule has 1 rings (SSSR count). The third kappa shape index (κ3) is 4.62. The highest BCUT2D eigenvalue weighted by Crippen LogP contribution is 2.36. The molecule has 1 aliphatic rings. The van der Waals surface area contributed by atoms with Crippen LogP contribution >= 0.6 is 12.4 Å². The molecule has 0 aromatic rings. The van der Waals surface area contributed by atoms with E-state index in [4.69, 9.17) is 4.74 Å². The van der Waals surface area contributed by atoms with Gasteiger partial charge in [0.25, 0.3) is 0 Å². The smallest absolute Gasteiger partial charge is 0.0587 e. The van der Waals surface area contributed by atoms with Gasteiger partial charge >= 0.3 is 0 Å². The van der Waals surface area contributed by atoms with E-state index in [0.29, 0.717) is 0 Å². The number of hydrogen-bond donors (Lipinski definition) is 1. The van der Waals surface area contributed by atoms with Crippen LogP contribution in [0.3, 0.4) is 0 Å². The van der Waals surface area contributed by atoms with Crippen LogP contribution in [0.1, 0.15) is 13.3 Å². The minimum Gasteiger partial charge on any atom is -0.383 e. The van der Waals surface area contributed by atoms with E-state index in [1.807, 2.05) is 0 Å². The van der Waals surface area contributed by atoms with Gasteiger partial charge in [-0.1, -0.05) is 6.92 Å². The summed E-state index contributed by atoms with van der Waals surface area (Å²) in [7, 11) is 1.74. The van der Waals surface area contributed by atoms with Crippen LogP contribution in [-0.2, 0) is 4.74 Å². The van der Waals surface area contributed by atoms with Gasteiger partial charge in [-0.15, -0.1) is 12.4 Å². The molecular formula is C8H18ClNO. The van der Waals surface area contributed by atoms with Crippen molar-refractivity contribution in [1.82, 2.24) is 5.32 Å². The first-order valence-electron chi connectivity index (χ1n) is 4.04. The maximum Gasteiger partial charge on any atom is 0.0587 e. The molecule has 2 unspecified atom stereocenters. The van der Waals surface area contributed by atoms with Crippen molar-refractivity contribution in [2.75, 3.05) is 26.8 Å². The Morgan fingerprint density at radius 3 is 2.64 bits per heavy atom. The van der Waals surface area contributed by atoms with E-state index in [1.54, 1.807) is 7.11 Å². The second kappa shape index (κ2) is 5.81. The standard InChI is InChI=1S/C8H17NO.ClH/c1-7-5-8(7)6-9-3-4-10-2;/h7-9H,3-6H2,1-2H3;1H. The summed E-state index contributed by atoms with van der Waals surface area (Å²) in [6.07, 6.45) is 1.42. The van der Waals surface area contributed by atoms with E-state index in [2.05, 4.69) is 12.2 Å². The average Bonchev–Trinajstić information content (AvgIpc) is 2.60. The normalized spacial score (nSPS) is 27.8. The molecule has 0 spiro atoms. The number of ether oxygens (including phenoxy) is 1. The molecule has 0 heterocycles. The van der Waals surface area contributed by atoms with Crippen molar-refractivity contribution < 1.29 is 4.74 Å². The van der Waals surface area contributed by atoms with Gasteiger partial charge in [0.15, 0.2) is 0 Å². The first-order chi connectivity index (χ1) is 4.84. The Hall–Kier alpha value is 0.210. The predicted octanol–water partition coefficient (Wildman–Crippen LogP) is 1.30. The fourth-order valence-electron chi connectivity index (χ4n) is 1.15. The highest BCUT2D eigenvalue weighted by atomic mass is 35.5. The summed E-state index contributed by atoms with van der Waals surface area (Å²) < 4.78 is 4.91. The molecule has 0 aromatic carbocycles. The van der Waals surface area contributed by atoms with Gasteiger partial charge in [-0.3, -0.25) is 0 Å². The van der Waals surface area contributed by atoms with Crippen molar-refractivity contribution in [2.45, 2.75) is 13.3 Å². The molecule has 0 saturated heterocycles. The number of rotatable bonds is 5. The van der Waals surface area contributed by atoms with Gasteiger partial charge in [0.05, 0.1) is 6.61 Å². The summed E-state index contributed by atoms with van der Waals surface area (Å²) in [4.78, 5) is 0. The van der Waals surface area contributed by atoms with Crippen LogP contribution in [0.2, 0.25) is 0 Å². The lowest BCUT2D eigenvalue weighted by molar-refractivity contribution is 0.199. The van der Waals surface area contributed by atoms with E-state index in [0.717, 1.165) is 25.0 Å². The molecule has 1 saturated carbocycles. The molecule has 2 atom stereocenters. The number of halogens is 1. The third-order valence-electron chi connectivity index (χ3n) is 2.17. The fourth-order valence-corrected chi connectivity index (χ4v) is 1.15. The van der Waals surface area contributed by atoms with Gasteiger partial charge in [-0.25, -0.2) is 0 Å². The molecule has 0 aromatic heterocycles. The summed E-state index contributed by atoms with van der Waals surface area (Å²) in [5.74, 6) is 1.92. The largest absolute Gasteiger partial charge is 0.383 e. The topological polar surface area (TPSA) is 21.3 Å². The molecule has 0 radical (unpaired) electrons. The fraction of sp³-hybridized carbons (Fsp3) is 1.00. The number of methoxy groups -OCH3 is 1. The van der Waals surface area contributed by atoms with Crippen LogP contribution in [0.15, 0.2) is 0 Å². The van der Waals surface area contributed by atoms with Crippen LogP contribution in [0.25, 0.3) is 0 Å². The minimum atomic E-state index is 0. The summed E-state index contributed by atoms with van der Waals surface area (Å²) in [6.45, 7) is 5.33. The summed E-state index contributed by atoms with van der Waals surface area (Å²) in [5.41, 5.74) is 0. The van der Waals surface area contributed by atoms with Crippen molar-refractivity contribution >= 4 is 12.4 Å². The van der Waals surface area contributed by atoms with Crippen molar-refractivity contribution in [1.29, 1.82) is 0 Å². The highest BCUT2D eigenvalue weighted by molar-refractivity contribution is 5.85. The third-order valence-corrected chi connectivity index (χ3v) is 2.17. The van der Waals surface area contributed by atoms with E-state index in [1.165, 1.54) is 13.0 Å². The van der Waals surface area contributed by atoms with E-state index in [9.17, 15) is 0 Å². The Morgan fingerprint density at radius 1 is 1.55 bits per heavy atom. The molecular weight excluding hydrogens is 162 g/mol. The van der Waals surface area contributed by atoms with Crippen molar-refractivity contribution in [3.8, 4) is 0 Å². The number of hydrogen-bond acceptors (Lipinski definition) is 2. The van der Waals surface area contributed by atoms with Crippen LogP contribution in [0.5, 0.6) is 0 Å². The maximum absolute atomic E-state index is 4.91. The van der Waals surface area contributed by atoms with E-state index in [-0.39, 0.29) is 12.4 Å². The lowest BCUT2D eigenvalue weighted by Gasteiger charge is -2.01. The van der Waals surface area contributed by atoms with Gasteiger partial charge in [-0.05, 0) is 24.8 Å². The van der Waals surface area contributed by atoms with Crippen LogP contribution in [0, 0.1) is 11.8 Å². The molecule has 0 bridgehead atoms. The van der Waals surface area contributed by atoms with Gasteiger partial charge in [0, 0.05) is 13.7 Å². The summed E-state index contributed by atoms with van der Waals surface area (Å²) >= 11 is 0. The molecule has 3 heteroatoms. The molecule has 1 aliphatic carbocycles. The second-order valence-corrected chi connectivity index (χ2v) is 3.17. The van der Waals surface area contributed by atoms with Crippen LogP contribution in [-0.4, -0.2) is 26.8 Å². The monoisotopic (exact) mass is 179 g/mol. The molecule has 1 fully saturated rings. The molecule has 2 nitrogen and oxygen atoms in total. The van der Waals surface area contributed by atoms with Gasteiger partial charge < -0.3 is 10.1 Å². The van der Waals surface area contributed by atoms with E-state index >= 15 is 0 Å². The van der Waals surface area contributed by atoms with Crippen molar-refractivity contribution in [3.05, 3.63) is 0 Å². The SMILES string of the molecule is COCCNCC1CC1C.Cl. The van der Waals surface area contributed by atoms with Crippen LogP contribution < -0.4 is 5.32 Å². The second-order valence-electron chi connectivity index (χ2n) is 3.17. The quantitative estimate of drug-likeness (QED) is 0.643. The van der Waals surface area contributed by atoms with E-state index < -0.39 is 0 Å². The minimum absolute atomic E-state index is 0. The summed E-state index contributed by atoms with van der Waals surface area (Å²) in [5, 5.41) is 3.35. The molecule has 68 valence electrons. The van der Waals surface area contributed by atoms with Crippen LogP contribution in [0.4, 0.5) is 0 Å². The van der Waals surface area contributed by atoms with Crippen molar-refractivity contribution in [3.63, 3.8) is 0 Å². The first kappa shape index (κ1) is 11.2. The number of nitrogens with one attached hydrogen (secondary N) is 1. The first-order valence-corrected chi connectivity index (χ1v) is 4.04. The highest BCUT2D eigenvalue weighted by Gasteiger charge is 2.31. The summed E-state index contributed by atoms with van der Waals surface area (Å²) in [6, 6.07) is 0. The molecule has 0 amide bonds. The van der Waals surface area contributed by atoms with Gasteiger partial charge in [0.1, 0.15) is 0 Å². The zero-order valence-corrected chi connectivity index (χ0v) is 8.12. The van der Waals surface area contributed by atoms with Gasteiger partial charge in [0.2, 0.25) is 0 Å². The zero-order valence-electron chi connectivity index (χ0n) is 7.30. The Kier molecular flexibility index (Phi) is 5.92. The average molecular weight is 180 g/mol. The molecule has 11 heavy (non-hydrogen) atoms. The maximum atomic E-state index is 4.91. The molecule has 0 aliphatic heterocycles. The Labute approximate surface area is 75.1 Å². The zero-order chi connectivity index (χ0) is 7.40. The lowest BCUT2D eigenvalue weighted by atomic mass is 10.3. The lowest BCUT2D eigenvalue weighted by Crippen LogP contribution is -2.21. The Balaban J connectivity index is 0.000001000. The van der Waals surface area contributed by atoms with Gasteiger partial charge in [-0.2, -0.15) is 0 Å².